The molecule has 0 spiro atoms. The van der Waals surface area contributed by atoms with Gasteiger partial charge in [0, 0.05) is 17.8 Å². The summed E-state index contributed by atoms with van der Waals surface area (Å²) in [5.74, 6) is 0.437. The molecular formula is C14H16ClN3O2. The van der Waals surface area contributed by atoms with Gasteiger partial charge in [0.25, 0.3) is 5.91 Å². The van der Waals surface area contributed by atoms with E-state index in [9.17, 15) is 4.79 Å². The second-order valence-corrected chi connectivity index (χ2v) is 4.59. The van der Waals surface area contributed by atoms with Gasteiger partial charge in [0.2, 0.25) is 0 Å². The van der Waals surface area contributed by atoms with Crippen molar-refractivity contribution in [1.29, 1.82) is 0 Å². The first-order valence-electron chi connectivity index (χ1n) is 6.35. The molecule has 20 heavy (non-hydrogen) atoms. The van der Waals surface area contributed by atoms with Crippen molar-refractivity contribution in [1.82, 2.24) is 15.1 Å². The third-order valence-corrected chi connectivity index (χ3v) is 3.01. The topological polar surface area (TPSA) is 56.2 Å². The molecule has 5 nitrogen and oxygen atoms in total. The number of nitrogens with one attached hydrogen (secondary N) is 1. The zero-order valence-corrected chi connectivity index (χ0v) is 11.9. The van der Waals surface area contributed by atoms with E-state index in [0.717, 1.165) is 12.2 Å². The van der Waals surface area contributed by atoms with E-state index in [1.54, 1.807) is 30.5 Å². The Kier molecular flexibility index (Phi) is 5.01. The van der Waals surface area contributed by atoms with Crippen LogP contribution in [0.25, 0.3) is 0 Å². The van der Waals surface area contributed by atoms with Gasteiger partial charge in [-0.1, -0.05) is 11.6 Å². The average molecular weight is 294 g/mol. The van der Waals surface area contributed by atoms with Crippen LogP contribution in [0.4, 0.5) is 0 Å². The molecule has 106 valence electrons. The Labute approximate surface area is 122 Å². The molecule has 1 amide bonds. The molecule has 0 saturated heterocycles. The summed E-state index contributed by atoms with van der Waals surface area (Å²) in [5.41, 5.74) is 0.965. The summed E-state index contributed by atoms with van der Waals surface area (Å²) >= 11 is 5.77. The van der Waals surface area contributed by atoms with Crippen molar-refractivity contribution in [3.63, 3.8) is 0 Å². The van der Waals surface area contributed by atoms with E-state index < -0.39 is 0 Å². The molecule has 0 aliphatic carbocycles. The zero-order valence-electron chi connectivity index (χ0n) is 11.2. The lowest BCUT2D eigenvalue weighted by atomic mass is 10.3. The molecule has 0 unspecified atom stereocenters. The highest BCUT2D eigenvalue weighted by Gasteiger charge is 2.05. The van der Waals surface area contributed by atoms with Gasteiger partial charge in [-0.15, -0.1) is 0 Å². The minimum atomic E-state index is -0.177. The maximum atomic E-state index is 11.7. The molecule has 1 aromatic heterocycles. The third kappa shape index (κ3) is 3.99. The average Bonchev–Trinajstić information content (AvgIpc) is 2.92. The summed E-state index contributed by atoms with van der Waals surface area (Å²) in [6.45, 7) is 3.19. The Morgan fingerprint density at radius 2 is 2.10 bits per heavy atom. The van der Waals surface area contributed by atoms with Gasteiger partial charge in [0.1, 0.15) is 5.75 Å². The molecule has 1 N–H and O–H groups in total. The summed E-state index contributed by atoms with van der Waals surface area (Å²) in [6.07, 6.45) is 1.72. The van der Waals surface area contributed by atoms with Gasteiger partial charge in [-0.2, -0.15) is 5.10 Å². The van der Waals surface area contributed by atoms with E-state index in [0.29, 0.717) is 17.3 Å². The Morgan fingerprint density at radius 1 is 1.35 bits per heavy atom. The zero-order chi connectivity index (χ0) is 14.4. The number of carbonyl (C=O) groups is 1. The molecule has 2 rings (SSSR count). The monoisotopic (exact) mass is 293 g/mol. The molecule has 0 saturated carbocycles. The number of aryl methyl sites for hydroxylation is 1. The number of hydrogen-bond acceptors (Lipinski definition) is 3. The number of hydrogen-bond donors (Lipinski definition) is 1. The normalized spacial score (nSPS) is 10.3. The Bertz CT molecular complexity index is 566. The van der Waals surface area contributed by atoms with Crippen LogP contribution < -0.4 is 10.1 Å². The maximum absolute atomic E-state index is 11.7. The number of halogens is 1. The smallest absolute Gasteiger partial charge is 0.258 e. The number of nitrogens with zero attached hydrogens (tertiary/aromatic N) is 2. The van der Waals surface area contributed by atoms with Gasteiger partial charge in [0.05, 0.1) is 12.2 Å². The molecule has 0 radical (unpaired) electrons. The number of ether oxygens (including phenoxy) is 1. The fraction of sp³-hybridized carbons (Fsp3) is 0.286. The van der Waals surface area contributed by atoms with Crippen LogP contribution in [0.15, 0.2) is 36.5 Å². The van der Waals surface area contributed by atoms with Crippen LogP contribution in [0.2, 0.25) is 5.02 Å². The Balaban J connectivity index is 1.77. The molecule has 0 fully saturated rings. The fourth-order valence-corrected chi connectivity index (χ4v) is 1.84. The molecule has 6 heteroatoms. The van der Waals surface area contributed by atoms with Crippen molar-refractivity contribution in [3.8, 4) is 5.75 Å². The number of rotatable bonds is 6. The Morgan fingerprint density at radius 3 is 2.80 bits per heavy atom. The van der Waals surface area contributed by atoms with E-state index in [4.69, 9.17) is 16.3 Å². The van der Waals surface area contributed by atoms with E-state index in [1.807, 2.05) is 17.7 Å². The van der Waals surface area contributed by atoms with Crippen LogP contribution in [0.3, 0.4) is 0 Å². The highest BCUT2D eigenvalue weighted by atomic mass is 35.5. The molecular weight excluding hydrogens is 278 g/mol. The van der Waals surface area contributed by atoms with Gasteiger partial charge < -0.3 is 10.1 Å². The van der Waals surface area contributed by atoms with Crippen molar-refractivity contribution in [2.45, 2.75) is 20.0 Å². The molecule has 0 atom stereocenters. The quantitative estimate of drug-likeness (QED) is 0.889. The number of aromatic nitrogens is 2. The van der Waals surface area contributed by atoms with E-state index in [-0.39, 0.29) is 12.5 Å². The molecule has 0 aliphatic heterocycles. The third-order valence-electron chi connectivity index (χ3n) is 2.75. The van der Waals surface area contributed by atoms with Crippen molar-refractivity contribution in [3.05, 3.63) is 47.2 Å². The second-order valence-electron chi connectivity index (χ2n) is 4.16. The molecule has 1 heterocycles. The van der Waals surface area contributed by atoms with Crippen molar-refractivity contribution >= 4 is 17.5 Å². The summed E-state index contributed by atoms with van der Waals surface area (Å²) in [4.78, 5) is 11.7. The van der Waals surface area contributed by atoms with Gasteiger partial charge in [-0.25, -0.2) is 0 Å². The van der Waals surface area contributed by atoms with Crippen LogP contribution in [0, 0.1) is 0 Å². The maximum Gasteiger partial charge on any atom is 0.258 e. The molecule has 0 bridgehead atoms. The summed E-state index contributed by atoms with van der Waals surface area (Å²) in [7, 11) is 0. The lowest BCUT2D eigenvalue weighted by Gasteiger charge is -2.08. The van der Waals surface area contributed by atoms with E-state index in [2.05, 4.69) is 10.4 Å². The van der Waals surface area contributed by atoms with Gasteiger partial charge in [-0.3, -0.25) is 9.48 Å². The summed E-state index contributed by atoms with van der Waals surface area (Å²) in [6, 6.07) is 8.76. The number of carbonyl (C=O) groups excluding carboxylic acids is 1. The SMILES string of the molecule is CCn1nccc1CNC(=O)COc1ccc(Cl)cc1. The highest BCUT2D eigenvalue weighted by Crippen LogP contribution is 2.15. The first kappa shape index (κ1) is 14.4. The highest BCUT2D eigenvalue weighted by molar-refractivity contribution is 6.30. The fourth-order valence-electron chi connectivity index (χ4n) is 1.71. The standard InChI is InChI=1S/C14H16ClN3O2/c1-2-18-12(7-8-17-18)9-16-14(19)10-20-13-5-3-11(15)4-6-13/h3-8H,2,9-10H2,1H3,(H,16,19). The molecule has 0 aliphatic rings. The summed E-state index contributed by atoms with van der Waals surface area (Å²) in [5, 5.41) is 7.56. The van der Waals surface area contributed by atoms with Gasteiger partial charge in [0.15, 0.2) is 6.61 Å². The first-order chi connectivity index (χ1) is 9.69. The van der Waals surface area contributed by atoms with E-state index >= 15 is 0 Å². The minimum Gasteiger partial charge on any atom is -0.484 e. The largest absolute Gasteiger partial charge is 0.484 e. The van der Waals surface area contributed by atoms with Crippen LogP contribution in [0.5, 0.6) is 5.75 Å². The van der Waals surface area contributed by atoms with E-state index in [1.165, 1.54) is 0 Å². The van der Waals surface area contributed by atoms with Crippen LogP contribution in [0.1, 0.15) is 12.6 Å². The molecule has 1 aromatic carbocycles. The minimum absolute atomic E-state index is 0.0259. The summed E-state index contributed by atoms with van der Waals surface area (Å²) < 4.78 is 7.19. The van der Waals surface area contributed by atoms with Gasteiger partial charge >= 0.3 is 0 Å². The van der Waals surface area contributed by atoms with Crippen LogP contribution >= 0.6 is 11.6 Å². The lowest BCUT2D eigenvalue weighted by molar-refractivity contribution is -0.123. The molecule has 2 aromatic rings. The number of amides is 1. The predicted molar refractivity (Wildman–Crippen MR) is 76.7 cm³/mol. The van der Waals surface area contributed by atoms with Gasteiger partial charge in [-0.05, 0) is 37.3 Å². The Hall–Kier alpha value is -2.01. The van der Waals surface area contributed by atoms with Crippen molar-refractivity contribution in [2.24, 2.45) is 0 Å². The predicted octanol–water partition coefficient (Wildman–Crippen LogP) is 2.25. The van der Waals surface area contributed by atoms with Crippen molar-refractivity contribution < 1.29 is 9.53 Å². The number of benzene rings is 1. The first-order valence-corrected chi connectivity index (χ1v) is 6.72. The van der Waals surface area contributed by atoms with Crippen LogP contribution in [-0.2, 0) is 17.9 Å². The van der Waals surface area contributed by atoms with Crippen molar-refractivity contribution in [2.75, 3.05) is 6.61 Å². The lowest BCUT2D eigenvalue weighted by Crippen LogP contribution is -2.29. The van der Waals surface area contributed by atoms with Crippen LogP contribution in [-0.4, -0.2) is 22.3 Å². The second kappa shape index (κ2) is 6.96.